The average Bonchev–Trinajstić information content (AvgIpc) is 2.32. The predicted molar refractivity (Wildman–Crippen MR) is 77.4 cm³/mol. The van der Waals surface area contributed by atoms with Crippen molar-refractivity contribution >= 4 is 15.7 Å². The number of anilines is 1. The third kappa shape index (κ3) is 2.62. The van der Waals surface area contributed by atoms with Gasteiger partial charge in [0, 0.05) is 17.8 Å². The van der Waals surface area contributed by atoms with Gasteiger partial charge in [0.25, 0.3) is 0 Å². The van der Waals surface area contributed by atoms with Gasteiger partial charge in [0.05, 0.1) is 4.90 Å². The van der Waals surface area contributed by atoms with Gasteiger partial charge in [-0.2, -0.15) is 4.31 Å². The SMILES string of the molecule is Cc1ccc(S(=O)(=O)N2C(C)CCCC2C)cc1N. The largest absolute Gasteiger partial charge is 0.398 e. The molecule has 1 fully saturated rings. The highest BCUT2D eigenvalue weighted by molar-refractivity contribution is 7.89. The number of benzene rings is 1. The Morgan fingerprint density at radius 1 is 1.21 bits per heavy atom. The van der Waals surface area contributed by atoms with Gasteiger partial charge in [-0.25, -0.2) is 8.42 Å². The summed E-state index contributed by atoms with van der Waals surface area (Å²) in [7, 11) is -3.45. The quantitative estimate of drug-likeness (QED) is 0.848. The minimum Gasteiger partial charge on any atom is -0.398 e. The minimum absolute atomic E-state index is 0.0521. The van der Waals surface area contributed by atoms with Crippen LogP contribution in [0.1, 0.15) is 38.7 Å². The lowest BCUT2D eigenvalue weighted by molar-refractivity contribution is 0.204. The summed E-state index contributed by atoms with van der Waals surface area (Å²) in [6.07, 6.45) is 2.93. The highest BCUT2D eigenvalue weighted by Gasteiger charge is 2.35. The van der Waals surface area contributed by atoms with E-state index < -0.39 is 10.0 Å². The van der Waals surface area contributed by atoms with Crippen LogP contribution in [0.2, 0.25) is 0 Å². The zero-order chi connectivity index (χ0) is 14.2. The van der Waals surface area contributed by atoms with Crippen molar-refractivity contribution < 1.29 is 8.42 Å². The molecule has 2 N–H and O–H groups in total. The molecule has 0 amide bonds. The molecule has 0 radical (unpaired) electrons. The van der Waals surface area contributed by atoms with E-state index in [-0.39, 0.29) is 12.1 Å². The Balaban J connectivity index is 2.43. The zero-order valence-corrected chi connectivity index (χ0v) is 12.6. The molecule has 106 valence electrons. The van der Waals surface area contributed by atoms with Crippen LogP contribution in [0.15, 0.2) is 23.1 Å². The highest BCUT2D eigenvalue weighted by atomic mass is 32.2. The number of nitrogen functional groups attached to an aromatic ring is 1. The second-order valence-electron chi connectivity index (χ2n) is 5.48. The van der Waals surface area contributed by atoms with Crippen LogP contribution in [0, 0.1) is 6.92 Å². The first kappa shape index (κ1) is 14.3. The van der Waals surface area contributed by atoms with Gasteiger partial charge >= 0.3 is 0 Å². The van der Waals surface area contributed by atoms with Crippen LogP contribution < -0.4 is 5.73 Å². The molecule has 1 aromatic carbocycles. The normalized spacial score (nSPS) is 25.4. The predicted octanol–water partition coefficient (Wildman–Crippen LogP) is 2.53. The summed E-state index contributed by atoms with van der Waals surface area (Å²) in [6, 6.07) is 5.09. The number of hydrogen-bond donors (Lipinski definition) is 1. The molecule has 0 bridgehead atoms. The lowest BCUT2D eigenvalue weighted by Crippen LogP contribution is -2.47. The highest BCUT2D eigenvalue weighted by Crippen LogP contribution is 2.30. The van der Waals surface area contributed by atoms with E-state index in [1.807, 2.05) is 20.8 Å². The maximum Gasteiger partial charge on any atom is 0.243 e. The monoisotopic (exact) mass is 282 g/mol. The summed E-state index contributed by atoms with van der Waals surface area (Å²) < 4.78 is 27.1. The van der Waals surface area contributed by atoms with Crippen molar-refractivity contribution in [1.82, 2.24) is 4.31 Å². The Morgan fingerprint density at radius 3 is 2.32 bits per heavy atom. The molecular formula is C14H22N2O2S. The van der Waals surface area contributed by atoms with E-state index in [0.717, 1.165) is 24.8 Å². The van der Waals surface area contributed by atoms with E-state index in [1.165, 1.54) is 0 Å². The van der Waals surface area contributed by atoms with E-state index in [2.05, 4.69) is 0 Å². The van der Waals surface area contributed by atoms with E-state index >= 15 is 0 Å². The molecule has 0 aromatic heterocycles. The standard InChI is InChI=1S/C14H22N2O2S/c1-10-7-8-13(9-14(10)15)19(17,18)16-11(2)5-4-6-12(16)3/h7-9,11-12H,4-6,15H2,1-3H3. The molecule has 1 heterocycles. The first-order valence-corrected chi connectivity index (χ1v) is 8.17. The Hall–Kier alpha value is -1.07. The van der Waals surface area contributed by atoms with Gasteiger partial charge in [0.15, 0.2) is 0 Å². The lowest BCUT2D eigenvalue weighted by Gasteiger charge is -2.37. The smallest absolute Gasteiger partial charge is 0.243 e. The number of piperidine rings is 1. The van der Waals surface area contributed by atoms with Crippen molar-refractivity contribution in [2.75, 3.05) is 5.73 Å². The fourth-order valence-corrected chi connectivity index (χ4v) is 4.69. The van der Waals surface area contributed by atoms with Crippen LogP contribution in [0.4, 0.5) is 5.69 Å². The zero-order valence-electron chi connectivity index (χ0n) is 11.8. The van der Waals surface area contributed by atoms with Crippen LogP contribution in [-0.2, 0) is 10.0 Å². The van der Waals surface area contributed by atoms with Gasteiger partial charge in [-0.15, -0.1) is 0 Å². The fraction of sp³-hybridized carbons (Fsp3) is 0.571. The summed E-state index contributed by atoms with van der Waals surface area (Å²) in [5, 5.41) is 0. The summed E-state index contributed by atoms with van der Waals surface area (Å²) in [5.74, 6) is 0. The molecule has 2 atom stereocenters. The summed E-state index contributed by atoms with van der Waals surface area (Å²) in [4.78, 5) is 0.302. The van der Waals surface area contributed by atoms with E-state index in [9.17, 15) is 8.42 Å². The molecule has 0 aliphatic carbocycles. The van der Waals surface area contributed by atoms with Crippen molar-refractivity contribution in [1.29, 1.82) is 0 Å². The molecular weight excluding hydrogens is 260 g/mol. The molecule has 0 saturated carbocycles. The van der Waals surface area contributed by atoms with E-state index in [0.29, 0.717) is 10.6 Å². The van der Waals surface area contributed by atoms with Crippen molar-refractivity contribution in [3.05, 3.63) is 23.8 Å². The molecule has 5 heteroatoms. The van der Waals surface area contributed by atoms with Gasteiger partial charge in [-0.05, 0) is 51.3 Å². The van der Waals surface area contributed by atoms with Gasteiger partial charge in [0.1, 0.15) is 0 Å². The van der Waals surface area contributed by atoms with Crippen LogP contribution in [-0.4, -0.2) is 24.8 Å². The molecule has 1 aliphatic rings. The first-order chi connectivity index (χ1) is 8.84. The molecule has 2 unspecified atom stereocenters. The lowest BCUT2D eigenvalue weighted by atomic mass is 10.0. The fourth-order valence-electron chi connectivity index (χ4n) is 2.77. The number of hydrogen-bond acceptors (Lipinski definition) is 3. The maximum atomic E-state index is 12.7. The minimum atomic E-state index is -3.45. The molecule has 1 saturated heterocycles. The van der Waals surface area contributed by atoms with Crippen molar-refractivity contribution in [3.8, 4) is 0 Å². The number of nitrogens with two attached hydrogens (primary N) is 1. The number of nitrogens with zero attached hydrogens (tertiary/aromatic N) is 1. The number of aryl methyl sites for hydroxylation is 1. The topological polar surface area (TPSA) is 63.4 Å². The first-order valence-electron chi connectivity index (χ1n) is 6.73. The molecule has 19 heavy (non-hydrogen) atoms. The van der Waals surface area contributed by atoms with Crippen LogP contribution >= 0.6 is 0 Å². The number of rotatable bonds is 2. The Labute approximate surface area is 115 Å². The summed E-state index contributed by atoms with van der Waals surface area (Å²) in [6.45, 7) is 5.83. The summed E-state index contributed by atoms with van der Waals surface area (Å²) >= 11 is 0. The second kappa shape index (κ2) is 5.13. The van der Waals surface area contributed by atoms with Crippen molar-refractivity contribution in [2.24, 2.45) is 0 Å². The summed E-state index contributed by atoms with van der Waals surface area (Å²) in [5.41, 5.74) is 7.26. The second-order valence-corrected chi connectivity index (χ2v) is 7.33. The molecule has 0 spiro atoms. The average molecular weight is 282 g/mol. The molecule has 1 aliphatic heterocycles. The van der Waals surface area contributed by atoms with E-state index in [4.69, 9.17) is 5.73 Å². The van der Waals surface area contributed by atoms with Gasteiger partial charge < -0.3 is 5.73 Å². The molecule has 2 rings (SSSR count). The Morgan fingerprint density at radius 2 is 1.79 bits per heavy atom. The van der Waals surface area contributed by atoms with E-state index in [1.54, 1.807) is 22.5 Å². The number of sulfonamides is 1. The van der Waals surface area contributed by atoms with Crippen LogP contribution in [0.3, 0.4) is 0 Å². The maximum absolute atomic E-state index is 12.7. The van der Waals surface area contributed by atoms with Gasteiger partial charge in [-0.3, -0.25) is 0 Å². The Kier molecular flexibility index (Phi) is 3.87. The Bertz CT molecular complexity index is 559. The third-order valence-corrected chi connectivity index (χ3v) is 6.06. The van der Waals surface area contributed by atoms with Crippen LogP contribution in [0.25, 0.3) is 0 Å². The van der Waals surface area contributed by atoms with Gasteiger partial charge in [0.2, 0.25) is 10.0 Å². The van der Waals surface area contributed by atoms with Crippen molar-refractivity contribution in [3.63, 3.8) is 0 Å². The third-order valence-electron chi connectivity index (χ3n) is 3.94. The molecule has 1 aromatic rings. The molecule has 4 nitrogen and oxygen atoms in total. The van der Waals surface area contributed by atoms with Crippen LogP contribution in [0.5, 0.6) is 0 Å². The van der Waals surface area contributed by atoms with Gasteiger partial charge in [-0.1, -0.05) is 12.5 Å². The van der Waals surface area contributed by atoms with Crippen molar-refractivity contribution in [2.45, 2.75) is 57.0 Å².